The van der Waals surface area contributed by atoms with Gasteiger partial charge in [0.1, 0.15) is 28.0 Å². The molecule has 0 atom stereocenters. The number of para-hydroxylation sites is 1. The molecule has 0 aliphatic heterocycles. The molecule has 4 aromatic heterocycles. The quantitative estimate of drug-likeness (QED) is 0.160. The zero-order chi connectivity index (χ0) is 40.7. The van der Waals surface area contributed by atoms with E-state index in [4.69, 9.17) is 33.8 Å². The van der Waals surface area contributed by atoms with Gasteiger partial charge in [-0.05, 0) is 68.7 Å². The lowest BCUT2D eigenvalue weighted by molar-refractivity contribution is 0.667. The van der Waals surface area contributed by atoms with Crippen molar-refractivity contribution >= 4 is 76.3 Å². The number of fused-ring (bicyclic) bond motifs is 12. The summed E-state index contributed by atoms with van der Waals surface area (Å²) in [5, 5.41) is 10.00. The lowest BCUT2D eigenvalue weighted by Gasteiger charge is -2.13. The minimum Gasteiger partial charge on any atom is -0.456 e. The van der Waals surface area contributed by atoms with E-state index in [1.165, 1.54) is 26.9 Å². The van der Waals surface area contributed by atoms with Crippen LogP contribution in [0.4, 0.5) is 0 Å². The maximum absolute atomic E-state index is 6.64. The van der Waals surface area contributed by atoms with E-state index in [0.717, 1.165) is 71.7 Å². The van der Waals surface area contributed by atoms with Gasteiger partial charge in [0.15, 0.2) is 28.9 Å². The number of aromatic nitrogens is 5. The predicted octanol–water partition coefficient (Wildman–Crippen LogP) is 14.3. The lowest BCUT2D eigenvalue weighted by Crippen LogP contribution is -2.00. The molecule has 62 heavy (non-hydrogen) atoms. The Labute approximate surface area is 353 Å². The van der Waals surface area contributed by atoms with Crippen molar-refractivity contribution in [3.63, 3.8) is 0 Å². The van der Waals surface area contributed by atoms with E-state index in [9.17, 15) is 0 Å². The van der Waals surface area contributed by atoms with Crippen molar-refractivity contribution in [1.82, 2.24) is 24.9 Å². The van der Waals surface area contributed by atoms with Gasteiger partial charge in [-0.3, -0.25) is 0 Å². The molecule has 0 unspecified atom stereocenters. The molecule has 0 N–H and O–H groups in total. The van der Waals surface area contributed by atoms with Crippen molar-refractivity contribution in [3.05, 3.63) is 188 Å². The standard InChI is InChI=1S/C55H31N5O2/c1-3-14-32(15-4-1)49-51-50(42-22-11-12-24-45(42)62-51)57-53(56-49)35-27-29-41-47(31-35)61-46-25-13-23-43(48(41)46)55-59-52(33-16-5-2-6-17-33)58-54(60-55)34-26-28-40-38-20-8-7-18-36(38)37-19-9-10-21-39(37)44(40)30-34/h1-31H. The fraction of sp³-hybridized carbons (Fsp3) is 0. The molecular weight excluding hydrogens is 763 g/mol. The van der Waals surface area contributed by atoms with Crippen molar-refractivity contribution in [2.24, 2.45) is 0 Å². The van der Waals surface area contributed by atoms with Gasteiger partial charge in [0, 0.05) is 44.0 Å². The third kappa shape index (κ3) is 5.35. The fourth-order valence-corrected chi connectivity index (χ4v) is 9.05. The molecule has 7 heteroatoms. The highest BCUT2D eigenvalue weighted by atomic mass is 16.3. The highest BCUT2D eigenvalue weighted by molar-refractivity contribution is 6.25. The first-order chi connectivity index (χ1) is 30.7. The Morgan fingerprint density at radius 1 is 0.290 bits per heavy atom. The van der Waals surface area contributed by atoms with Gasteiger partial charge in [-0.15, -0.1) is 0 Å². The summed E-state index contributed by atoms with van der Waals surface area (Å²) in [5.74, 6) is 2.32. The average molecular weight is 794 g/mol. The summed E-state index contributed by atoms with van der Waals surface area (Å²) in [6.07, 6.45) is 0. The second-order valence-electron chi connectivity index (χ2n) is 15.6. The molecule has 0 saturated carbocycles. The first-order valence-electron chi connectivity index (χ1n) is 20.6. The molecule has 0 aliphatic carbocycles. The van der Waals surface area contributed by atoms with Gasteiger partial charge in [-0.25, -0.2) is 24.9 Å². The number of furan rings is 2. The number of benzene rings is 9. The Hall–Kier alpha value is -8.55. The van der Waals surface area contributed by atoms with Crippen LogP contribution in [-0.2, 0) is 0 Å². The number of nitrogens with zero attached hydrogens (tertiary/aromatic N) is 5. The van der Waals surface area contributed by atoms with Crippen molar-refractivity contribution < 1.29 is 8.83 Å². The molecule has 7 nitrogen and oxygen atoms in total. The van der Waals surface area contributed by atoms with Crippen LogP contribution >= 0.6 is 0 Å². The fourth-order valence-electron chi connectivity index (χ4n) is 9.05. The molecular formula is C55H31N5O2. The van der Waals surface area contributed by atoms with Gasteiger partial charge in [-0.2, -0.15) is 0 Å². The van der Waals surface area contributed by atoms with Crippen LogP contribution in [0, 0.1) is 0 Å². The molecule has 0 fully saturated rings. The van der Waals surface area contributed by atoms with E-state index >= 15 is 0 Å². The van der Waals surface area contributed by atoms with Gasteiger partial charge >= 0.3 is 0 Å². The number of hydrogen-bond donors (Lipinski definition) is 0. The molecule has 4 heterocycles. The molecule has 288 valence electrons. The third-order valence-corrected chi connectivity index (χ3v) is 11.9. The van der Waals surface area contributed by atoms with Crippen LogP contribution in [0.5, 0.6) is 0 Å². The lowest BCUT2D eigenvalue weighted by atomic mass is 9.93. The Balaban J connectivity index is 0.991. The average Bonchev–Trinajstić information content (AvgIpc) is 3.92. The molecule has 0 saturated heterocycles. The first kappa shape index (κ1) is 34.3. The largest absolute Gasteiger partial charge is 0.456 e. The zero-order valence-electron chi connectivity index (χ0n) is 33.0. The van der Waals surface area contributed by atoms with Crippen molar-refractivity contribution in [2.75, 3.05) is 0 Å². The van der Waals surface area contributed by atoms with E-state index in [1.54, 1.807) is 0 Å². The second-order valence-corrected chi connectivity index (χ2v) is 15.6. The van der Waals surface area contributed by atoms with E-state index in [1.807, 2.05) is 103 Å². The Bertz CT molecular complexity index is 3900. The van der Waals surface area contributed by atoms with Crippen LogP contribution in [0.1, 0.15) is 0 Å². The summed E-state index contributed by atoms with van der Waals surface area (Å²) >= 11 is 0. The van der Waals surface area contributed by atoms with Crippen molar-refractivity contribution in [2.45, 2.75) is 0 Å². The summed E-state index contributed by atoms with van der Waals surface area (Å²) in [4.78, 5) is 25.7. The van der Waals surface area contributed by atoms with Gasteiger partial charge in [0.05, 0.1) is 0 Å². The molecule has 9 aromatic carbocycles. The molecule has 13 rings (SSSR count). The maximum Gasteiger partial charge on any atom is 0.180 e. The maximum atomic E-state index is 6.64. The van der Waals surface area contributed by atoms with E-state index < -0.39 is 0 Å². The van der Waals surface area contributed by atoms with Crippen LogP contribution in [0.15, 0.2) is 197 Å². The van der Waals surface area contributed by atoms with Crippen LogP contribution in [0.3, 0.4) is 0 Å². The van der Waals surface area contributed by atoms with Crippen LogP contribution in [0.25, 0.3) is 133 Å². The Morgan fingerprint density at radius 3 is 1.55 bits per heavy atom. The van der Waals surface area contributed by atoms with E-state index in [-0.39, 0.29) is 0 Å². The van der Waals surface area contributed by atoms with Crippen LogP contribution < -0.4 is 0 Å². The highest BCUT2D eigenvalue weighted by Gasteiger charge is 2.22. The number of hydrogen-bond acceptors (Lipinski definition) is 7. The Morgan fingerprint density at radius 2 is 0.823 bits per heavy atom. The first-order valence-corrected chi connectivity index (χ1v) is 20.6. The van der Waals surface area contributed by atoms with Gasteiger partial charge in [0.25, 0.3) is 0 Å². The van der Waals surface area contributed by atoms with E-state index in [2.05, 4.69) is 84.9 Å². The molecule has 0 aliphatic rings. The van der Waals surface area contributed by atoms with Crippen molar-refractivity contribution in [1.29, 1.82) is 0 Å². The molecule has 0 radical (unpaired) electrons. The number of rotatable bonds is 5. The normalized spacial score (nSPS) is 11.9. The highest BCUT2D eigenvalue weighted by Crippen LogP contribution is 2.41. The minimum absolute atomic E-state index is 0.558. The molecule has 13 aromatic rings. The van der Waals surface area contributed by atoms with Gasteiger partial charge < -0.3 is 8.83 Å². The van der Waals surface area contributed by atoms with Crippen LogP contribution in [0.2, 0.25) is 0 Å². The second kappa shape index (κ2) is 13.5. The molecule has 0 spiro atoms. The third-order valence-electron chi connectivity index (χ3n) is 11.9. The van der Waals surface area contributed by atoms with E-state index in [0.29, 0.717) is 34.5 Å². The van der Waals surface area contributed by atoms with Crippen LogP contribution in [-0.4, -0.2) is 24.9 Å². The predicted molar refractivity (Wildman–Crippen MR) is 250 cm³/mol. The zero-order valence-corrected chi connectivity index (χ0v) is 33.0. The smallest absolute Gasteiger partial charge is 0.180 e. The van der Waals surface area contributed by atoms with Gasteiger partial charge in [0.2, 0.25) is 0 Å². The topological polar surface area (TPSA) is 90.7 Å². The minimum atomic E-state index is 0.558. The summed E-state index contributed by atoms with van der Waals surface area (Å²) in [5.41, 5.74) is 8.80. The molecule has 0 bridgehead atoms. The molecule has 0 amide bonds. The summed E-state index contributed by atoms with van der Waals surface area (Å²) in [6, 6.07) is 64.1. The van der Waals surface area contributed by atoms with Crippen molar-refractivity contribution in [3.8, 4) is 56.8 Å². The van der Waals surface area contributed by atoms with Gasteiger partial charge in [-0.1, -0.05) is 152 Å². The summed E-state index contributed by atoms with van der Waals surface area (Å²) in [6.45, 7) is 0. The SMILES string of the molecule is c1ccc(-c2nc(-c3ccc4c5ccccc5c5ccccc5c4c3)nc(-c3cccc4oc5cc(-c6nc(-c7ccccc7)c7oc8ccccc8c7n6)ccc5c34)n2)cc1. The monoisotopic (exact) mass is 793 g/mol. The summed E-state index contributed by atoms with van der Waals surface area (Å²) in [7, 11) is 0. The summed E-state index contributed by atoms with van der Waals surface area (Å²) < 4.78 is 13.0. The Kier molecular flexibility index (Phi) is 7.47.